The second-order valence-electron chi connectivity index (χ2n) is 8.59. The molecule has 0 bridgehead atoms. The second kappa shape index (κ2) is 10.2. The maximum atomic E-state index is 13.0. The topological polar surface area (TPSA) is 88.5 Å². The van der Waals surface area contributed by atoms with Crippen molar-refractivity contribution in [3.63, 3.8) is 0 Å². The van der Waals surface area contributed by atoms with Crippen LogP contribution in [0.5, 0.6) is 0 Å². The molecule has 4 rings (SSSR count). The number of anilines is 3. The number of nitrogens with one attached hydrogen (secondary N) is 2. The second-order valence-corrected chi connectivity index (χ2v) is 8.59. The smallest absolute Gasteiger partial charge is 0.258 e. The number of hydrogen-bond donors (Lipinski definition) is 2. The third kappa shape index (κ3) is 5.24. The lowest BCUT2D eigenvalue weighted by molar-refractivity contribution is -0.116. The van der Waals surface area contributed by atoms with Crippen LogP contribution in [0.15, 0.2) is 72.8 Å². The van der Waals surface area contributed by atoms with Crippen LogP contribution in [0.1, 0.15) is 23.6 Å². The molecule has 0 aliphatic carbocycles. The van der Waals surface area contributed by atoms with Gasteiger partial charge < -0.3 is 20.4 Å². The molecule has 7 nitrogen and oxygen atoms in total. The number of rotatable bonds is 7. The number of carbonyl (C=O) groups is 2. The number of amides is 2. The number of hydrogen-bond acceptors (Lipinski definition) is 5. The van der Waals surface area contributed by atoms with E-state index in [-0.39, 0.29) is 11.8 Å². The molecule has 1 aliphatic rings. The SMILES string of the molecule is CC(=O)N(CCN(C)C)c1ccc(NC(=C2C(=O)Nc3cc(C#N)ccc32)c2ccccc2)cc1. The van der Waals surface area contributed by atoms with Crippen LogP contribution in [-0.2, 0) is 9.59 Å². The molecule has 2 N–H and O–H groups in total. The van der Waals surface area contributed by atoms with Gasteiger partial charge in [0.15, 0.2) is 0 Å². The number of nitriles is 1. The van der Waals surface area contributed by atoms with Gasteiger partial charge >= 0.3 is 0 Å². The van der Waals surface area contributed by atoms with Gasteiger partial charge in [0, 0.05) is 37.0 Å². The Balaban J connectivity index is 1.71. The molecule has 3 aromatic rings. The summed E-state index contributed by atoms with van der Waals surface area (Å²) >= 11 is 0. The summed E-state index contributed by atoms with van der Waals surface area (Å²) in [6, 6.07) is 24.5. The molecule has 0 radical (unpaired) electrons. The van der Waals surface area contributed by atoms with Crippen LogP contribution in [0.3, 0.4) is 0 Å². The van der Waals surface area contributed by atoms with E-state index in [4.69, 9.17) is 0 Å². The molecule has 35 heavy (non-hydrogen) atoms. The van der Waals surface area contributed by atoms with Crippen LogP contribution in [0, 0.1) is 11.3 Å². The van der Waals surface area contributed by atoms with Crippen molar-refractivity contribution in [2.45, 2.75) is 6.92 Å². The fourth-order valence-corrected chi connectivity index (χ4v) is 4.01. The van der Waals surface area contributed by atoms with Crippen LogP contribution < -0.4 is 15.5 Å². The standard InChI is InChI=1S/C28H27N5O2/c1-19(34)33(16-15-32(2)3)23-12-10-22(11-13-23)30-27(21-7-5-4-6-8-21)26-24-14-9-20(18-29)17-25(24)31-28(26)35/h4-14,17,30H,15-16H2,1-3H3,(H,31,35). The molecule has 176 valence electrons. The minimum absolute atomic E-state index is 0.0179. The third-order valence-electron chi connectivity index (χ3n) is 5.80. The highest BCUT2D eigenvalue weighted by atomic mass is 16.2. The molecule has 7 heteroatoms. The first kappa shape index (κ1) is 23.7. The zero-order chi connectivity index (χ0) is 24.9. The van der Waals surface area contributed by atoms with Crippen molar-refractivity contribution in [2.24, 2.45) is 0 Å². The van der Waals surface area contributed by atoms with E-state index in [0.717, 1.165) is 29.0 Å². The highest BCUT2D eigenvalue weighted by Crippen LogP contribution is 2.38. The fraction of sp³-hybridized carbons (Fsp3) is 0.179. The molecule has 2 amide bonds. The Labute approximate surface area is 205 Å². The highest BCUT2D eigenvalue weighted by Gasteiger charge is 2.28. The Morgan fingerprint density at radius 2 is 1.71 bits per heavy atom. The molecule has 1 aliphatic heterocycles. The van der Waals surface area contributed by atoms with Crippen LogP contribution in [0.4, 0.5) is 17.1 Å². The van der Waals surface area contributed by atoms with Crippen molar-refractivity contribution in [1.82, 2.24) is 4.90 Å². The first-order chi connectivity index (χ1) is 16.9. The van der Waals surface area contributed by atoms with E-state index in [9.17, 15) is 14.9 Å². The van der Waals surface area contributed by atoms with Crippen molar-refractivity contribution in [3.8, 4) is 6.07 Å². The Kier molecular flexibility index (Phi) is 6.95. The Morgan fingerprint density at radius 3 is 2.34 bits per heavy atom. The van der Waals surface area contributed by atoms with Crippen LogP contribution >= 0.6 is 0 Å². The summed E-state index contributed by atoms with van der Waals surface area (Å²) in [7, 11) is 3.95. The molecule has 1 heterocycles. The molecule has 0 aromatic heterocycles. The van der Waals surface area contributed by atoms with Crippen LogP contribution in [0.2, 0.25) is 0 Å². The molecule has 0 fully saturated rings. The minimum Gasteiger partial charge on any atom is -0.354 e. The van der Waals surface area contributed by atoms with E-state index in [1.165, 1.54) is 0 Å². The third-order valence-corrected chi connectivity index (χ3v) is 5.80. The van der Waals surface area contributed by atoms with Gasteiger partial charge in [-0.15, -0.1) is 0 Å². The summed E-state index contributed by atoms with van der Waals surface area (Å²) in [5, 5.41) is 15.5. The van der Waals surface area contributed by atoms with E-state index in [1.807, 2.05) is 73.6 Å². The number of fused-ring (bicyclic) bond motifs is 1. The maximum absolute atomic E-state index is 13.0. The normalized spacial score (nSPS) is 13.6. The number of likely N-dealkylation sites (N-methyl/N-ethyl adjacent to an activating group) is 1. The van der Waals surface area contributed by atoms with Gasteiger partial charge in [-0.1, -0.05) is 36.4 Å². The lowest BCUT2D eigenvalue weighted by atomic mass is 9.99. The number of benzene rings is 3. The van der Waals surface area contributed by atoms with Gasteiger partial charge in [0.25, 0.3) is 5.91 Å². The zero-order valence-electron chi connectivity index (χ0n) is 20.0. The predicted molar refractivity (Wildman–Crippen MR) is 140 cm³/mol. The molecule has 0 unspecified atom stereocenters. The predicted octanol–water partition coefficient (Wildman–Crippen LogP) is 4.41. The summed E-state index contributed by atoms with van der Waals surface area (Å²) in [6.45, 7) is 2.91. The monoisotopic (exact) mass is 465 g/mol. The van der Waals surface area contributed by atoms with Crippen molar-refractivity contribution >= 4 is 40.1 Å². The van der Waals surface area contributed by atoms with E-state index < -0.39 is 0 Å². The molecule has 0 saturated carbocycles. The van der Waals surface area contributed by atoms with Crippen LogP contribution in [-0.4, -0.2) is 43.9 Å². The Morgan fingerprint density at radius 1 is 1.00 bits per heavy atom. The van der Waals surface area contributed by atoms with Gasteiger partial charge in [-0.05, 0) is 56.1 Å². The van der Waals surface area contributed by atoms with Gasteiger partial charge in [0.1, 0.15) is 0 Å². The van der Waals surface area contributed by atoms with Gasteiger partial charge in [-0.2, -0.15) is 5.26 Å². The van der Waals surface area contributed by atoms with Crippen molar-refractivity contribution < 1.29 is 9.59 Å². The minimum atomic E-state index is -0.232. The van der Waals surface area contributed by atoms with E-state index in [0.29, 0.717) is 29.1 Å². The molecule has 0 saturated heterocycles. The van der Waals surface area contributed by atoms with Crippen molar-refractivity contribution in [2.75, 3.05) is 42.7 Å². The lowest BCUT2D eigenvalue weighted by Crippen LogP contribution is -2.35. The fourth-order valence-electron chi connectivity index (χ4n) is 4.01. The van der Waals surface area contributed by atoms with Crippen LogP contribution in [0.25, 0.3) is 11.3 Å². The summed E-state index contributed by atoms with van der Waals surface area (Å²) in [5.41, 5.74) is 5.47. The molecule has 0 atom stereocenters. The molecule has 3 aromatic carbocycles. The van der Waals surface area contributed by atoms with E-state index >= 15 is 0 Å². The molecular weight excluding hydrogens is 438 g/mol. The lowest BCUT2D eigenvalue weighted by Gasteiger charge is -2.23. The first-order valence-electron chi connectivity index (χ1n) is 11.3. The average molecular weight is 466 g/mol. The summed E-state index contributed by atoms with van der Waals surface area (Å²) in [5.74, 6) is -0.250. The van der Waals surface area contributed by atoms with Gasteiger partial charge in [-0.25, -0.2) is 0 Å². The van der Waals surface area contributed by atoms with E-state index in [1.54, 1.807) is 30.0 Å². The number of carbonyl (C=O) groups excluding carboxylic acids is 2. The quantitative estimate of drug-likeness (QED) is 0.505. The molecule has 0 spiro atoms. The van der Waals surface area contributed by atoms with E-state index in [2.05, 4.69) is 16.7 Å². The van der Waals surface area contributed by atoms with Crippen molar-refractivity contribution in [1.29, 1.82) is 5.26 Å². The average Bonchev–Trinajstić information content (AvgIpc) is 3.18. The zero-order valence-corrected chi connectivity index (χ0v) is 20.0. The van der Waals surface area contributed by atoms with Gasteiger partial charge in [0.05, 0.1) is 28.6 Å². The summed E-state index contributed by atoms with van der Waals surface area (Å²) in [6.07, 6.45) is 0. The van der Waals surface area contributed by atoms with Gasteiger partial charge in [-0.3, -0.25) is 9.59 Å². The van der Waals surface area contributed by atoms with Gasteiger partial charge in [0.2, 0.25) is 5.91 Å². The Bertz CT molecular complexity index is 1320. The summed E-state index contributed by atoms with van der Waals surface area (Å²) < 4.78 is 0. The maximum Gasteiger partial charge on any atom is 0.258 e. The Hall–Kier alpha value is -4.41. The highest BCUT2D eigenvalue weighted by molar-refractivity contribution is 6.37. The first-order valence-corrected chi connectivity index (χ1v) is 11.3. The summed E-state index contributed by atoms with van der Waals surface area (Å²) in [4.78, 5) is 29.0. The van der Waals surface area contributed by atoms with Crippen molar-refractivity contribution in [3.05, 3.63) is 89.5 Å². The largest absolute Gasteiger partial charge is 0.354 e. The molecular formula is C28H27N5O2. The number of nitrogens with zero attached hydrogens (tertiary/aromatic N) is 3.